The normalized spacial score (nSPS) is 17.2. The van der Waals surface area contributed by atoms with Crippen molar-refractivity contribution in [2.24, 2.45) is 0 Å². The molecule has 1 atom stereocenters. The molecule has 1 saturated heterocycles. The van der Waals surface area contributed by atoms with Crippen LogP contribution in [-0.2, 0) is 11.0 Å². The van der Waals surface area contributed by atoms with E-state index in [1.807, 2.05) is 0 Å². The number of anilines is 1. The van der Waals surface area contributed by atoms with Gasteiger partial charge < -0.3 is 15.3 Å². The highest BCUT2D eigenvalue weighted by atomic mass is 19.4. The number of hydrogen-bond acceptors (Lipinski definition) is 6. The molecule has 0 bridgehead atoms. The first-order valence-corrected chi connectivity index (χ1v) is 8.78. The Labute approximate surface area is 163 Å². The molecule has 150 valence electrons. The van der Waals surface area contributed by atoms with Gasteiger partial charge in [-0.25, -0.2) is 0 Å². The van der Waals surface area contributed by atoms with Crippen molar-refractivity contribution in [2.45, 2.75) is 18.6 Å². The zero-order chi connectivity index (χ0) is 20.8. The predicted molar refractivity (Wildman–Crippen MR) is 99.1 cm³/mol. The van der Waals surface area contributed by atoms with Gasteiger partial charge in [0.25, 0.3) is 0 Å². The van der Waals surface area contributed by atoms with Gasteiger partial charge in [0, 0.05) is 42.3 Å². The topological polar surface area (TPSA) is 91.2 Å². The Morgan fingerprint density at radius 1 is 1.21 bits per heavy atom. The van der Waals surface area contributed by atoms with Gasteiger partial charge in [-0.15, -0.1) is 10.2 Å². The fourth-order valence-corrected chi connectivity index (χ4v) is 3.33. The number of fused-ring (bicyclic) bond motifs is 1. The summed E-state index contributed by atoms with van der Waals surface area (Å²) in [6.45, 7) is 0.623. The summed E-state index contributed by atoms with van der Waals surface area (Å²) in [6.07, 6.45) is -0.921. The number of likely N-dealkylation sites (N-methyl/N-ethyl adjacent to an activating group) is 1. The van der Waals surface area contributed by atoms with E-state index in [1.165, 1.54) is 12.4 Å². The first kappa shape index (κ1) is 18.9. The van der Waals surface area contributed by atoms with Gasteiger partial charge in [-0.2, -0.15) is 13.2 Å². The van der Waals surface area contributed by atoms with Gasteiger partial charge in [0.05, 0.1) is 5.56 Å². The third-order valence-corrected chi connectivity index (χ3v) is 4.90. The number of benzene rings is 1. The minimum atomic E-state index is -4.57. The number of aromatic nitrogens is 3. The van der Waals surface area contributed by atoms with Gasteiger partial charge in [0.15, 0.2) is 5.82 Å². The van der Waals surface area contributed by atoms with Crippen molar-refractivity contribution in [3.8, 4) is 17.0 Å². The van der Waals surface area contributed by atoms with Crippen molar-refractivity contribution in [1.29, 1.82) is 0 Å². The lowest BCUT2D eigenvalue weighted by Crippen LogP contribution is -2.31. The zero-order valence-corrected chi connectivity index (χ0v) is 15.2. The summed E-state index contributed by atoms with van der Waals surface area (Å²) >= 11 is 0. The average molecular weight is 403 g/mol. The molecule has 1 amide bonds. The van der Waals surface area contributed by atoms with Crippen molar-refractivity contribution in [3.05, 3.63) is 42.2 Å². The number of alkyl halides is 3. The summed E-state index contributed by atoms with van der Waals surface area (Å²) in [6, 6.07) is 3.88. The van der Waals surface area contributed by atoms with E-state index < -0.39 is 23.5 Å². The summed E-state index contributed by atoms with van der Waals surface area (Å²) < 4.78 is 38.6. The molecule has 0 unspecified atom stereocenters. The standard InChI is InChI=1S/C19H16F3N5O2/c1-27-7-5-14(18(27)29)24-17-13-9-23-6-4-11(13)16(25-26-17)12-3-2-10(8-15(12)28)19(20,21)22/h2-4,6,8-9,14,28H,5,7H2,1H3,(H,24,26)/t14-/m0/s1. The van der Waals surface area contributed by atoms with Gasteiger partial charge in [0.1, 0.15) is 17.5 Å². The van der Waals surface area contributed by atoms with Crippen LogP contribution in [0.4, 0.5) is 19.0 Å². The number of carbonyl (C=O) groups excluding carboxylic acids is 1. The smallest absolute Gasteiger partial charge is 0.416 e. The van der Waals surface area contributed by atoms with Crippen molar-refractivity contribution >= 4 is 22.5 Å². The quantitative estimate of drug-likeness (QED) is 0.699. The molecule has 1 fully saturated rings. The van der Waals surface area contributed by atoms with Crippen molar-refractivity contribution < 1.29 is 23.1 Å². The van der Waals surface area contributed by atoms with E-state index in [0.29, 0.717) is 35.6 Å². The van der Waals surface area contributed by atoms with Crippen molar-refractivity contribution in [1.82, 2.24) is 20.1 Å². The second kappa shape index (κ2) is 6.87. The summed E-state index contributed by atoms with van der Waals surface area (Å²) in [7, 11) is 1.71. The number of likely N-dealkylation sites (tertiary alicyclic amines) is 1. The lowest BCUT2D eigenvalue weighted by Gasteiger charge is -2.15. The highest BCUT2D eigenvalue weighted by molar-refractivity contribution is 6.01. The zero-order valence-electron chi connectivity index (χ0n) is 15.2. The second-order valence-corrected chi connectivity index (χ2v) is 6.79. The predicted octanol–water partition coefficient (Wildman–Crippen LogP) is 3.06. The molecule has 2 N–H and O–H groups in total. The second-order valence-electron chi connectivity index (χ2n) is 6.79. The Bertz CT molecular complexity index is 1100. The molecule has 0 spiro atoms. The first-order chi connectivity index (χ1) is 13.8. The number of rotatable bonds is 3. The summed E-state index contributed by atoms with van der Waals surface area (Å²) in [5.41, 5.74) is -0.626. The van der Waals surface area contributed by atoms with Crippen LogP contribution in [0.25, 0.3) is 22.0 Å². The van der Waals surface area contributed by atoms with Crippen LogP contribution in [0.5, 0.6) is 5.75 Å². The molecule has 0 radical (unpaired) electrons. The van der Waals surface area contributed by atoms with Crippen LogP contribution in [0, 0.1) is 0 Å². The average Bonchev–Trinajstić information content (AvgIpc) is 3.00. The largest absolute Gasteiger partial charge is 0.507 e. The number of halogens is 3. The molecule has 1 aromatic carbocycles. The number of nitrogens with one attached hydrogen (secondary N) is 1. The van der Waals surface area contributed by atoms with Gasteiger partial charge in [-0.05, 0) is 30.7 Å². The fourth-order valence-electron chi connectivity index (χ4n) is 3.33. The number of hydrogen-bond donors (Lipinski definition) is 2. The Morgan fingerprint density at radius 3 is 2.66 bits per heavy atom. The maximum Gasteiger partial charge on any atom is 0.416 e. The molecular weight excluding hydrogens is 387 g/mol. The molecular formula is C19H16F3N5O2. The third kappa shape index (κ3) is 3.41. The first-order valence-electron chi connectivity index (χ1n) is 8.78. The third-order valence-electron chi connectivity index (χ3n) is 4.90. The number of nitrogens with zero attached hydrogens (tertiary/aromatic N) is 4. The van der Waals surface area contributed by atoms with Crippen LogP contribution < -0.4 is 5.32 Å². The van der Waals surface area contributed by atoms with E-state index in [4.69, 9.17) is 0 Å². The number of phenols is 1. The minimum Gasteiger partial charge on any atom is -0.507 e. The number of aromatic hydroxyl groups is 1. The van der Waals surface area contributed by atoms with Crippen LogP contribution in [0.1, 0.15) is 12.0 Å². The molecule has 1 aliphatic rings. The highest BCUT2D eigenvalue weighted by Gasteiger charge is 2.32. The number of phenolic OH excluding ortho intramolecular Hbond substituents is 1. The lowest BCUT2D eigenvalue weighted by atomic mass is 10.0. The monoisotopic (exact) mass is 403 g/mol. The lowest BCUT2D eigenvalue weighted by molar-refractivity contribution is -0.137. The molecule has 3 heterocycles. The fraction of sp³-hybridized carbons (Fsp3) is 0.263. The van der Waals surface area contributed by atoms with E-state index in [2.05, 4.69) is 20.5 Å². The Morgan fingerprint density at radius 2 is 2.00 bits per heavy atom. The van der Waals surface area contributed by atoms with Gasteiger partial charge in [-0.3, -0.25) is 9.78 Å². The van der Waals surface area contributed by atoms with E-state index in [1.54, 1.807) is 18.0 Å². The molecule has 29 heavy (non-hydrogen) atoms. The molecule has 10 heteroatoms. The summed E-state index contributed by atoms with van der Waals surface area (Å²) in [5, 5.41) is 22.5. The van der Waals surface area contributed by atoms with Crippen LogP contribution in [0.3, 0.4) is 0 Å². The van der Waals surface area contributed by atoms with E-state index in [9.17, 15) is 23.1 Å². The van der Waals surface area contributed by atoms with Crippen LogP contribution >= 0.6 is 0 Å². The van der Waals surface area contributed by atoms with E-state index in [0.717, 1.165) is 12.1 Å². The molecule has 0 saturated carbocycles. The molecule has 7 nitrogen and oxygen atoms in total. The van der Waals surface area contributed by atoms with Gasteiger partial charge in [0.2, 0.25) is 5.91 Å². The molecule has 4 rings (SSSR count). The molecule has 3 aromatic rings. The number of amides is 1. The maximum atomic E-state index is 12.9. The van der Waals surface area contributed by atoms with Crippen molar-refractivity contribution in [2.75, 3.05) is 18.9 Å². The Hall–Kier alpha value is -3.43. The van der Waals surface area contributed by atoms with E-state index >= 15 is 0 Å². The summed E-state index contributed by atoms with van der Waals surface area (Å²) in [4.78, 5) is 17.8. The number of carbonyl (C=O) groups is 1. The van der Waals surface area contributed by atoms with E-state index in [-0.39, 0.29) is 17.2 Å². The molecule has 1 aliphatic heterocycles. The highest BCUT2D eigenvalue weighted by Crippen LogP contribution is 2.38. The molecule has 0 aliphatic carbocycles. The Balaban J connectivity index is 1.77. The van der Waals surface area contributed by atoms with Gasteiger partial charge in [-0.1, -0.05) is 0 Å². The minimum absolute atomic E-state index is 0.0618. The molecule has 2 aromatic heterocycles. The van der Waals surface area contributed by atoms with Crippen molar-refractivity contribution in [3.63, 3.8) is 0 Å². The maximum absolute atomic E-state index is 12.9. The van der Waals surface area contributed by atoms with Crippen LogP contribution in [0.15, 0.2) is 36.7 Å². The van der Waals surface area contributed by atoms with Gasteiger partial charge >= 0.3 is 6.18 Å². The van der Waals surface area contributed by atoms with Crippen LogP contribution in [-0.4, -0.2) is 50.7 Å². The Kier molecular flexibility index (Phi) is 4.48. The van der Waals surface area contributed by atoms with Crippen LogP contribution in [0.2, 0.25) is 0 Å². The number of pyridine rings is 1. The SMILES string of the molecule is CN1CC[C@H](Nc2nnc(-c3ccc(C(F)(F)F)cc3O)c3ccncc23)C1=O. The summed E-state index contributed by atoms with van der Waals surface area (Å²) in [5.74, 6) is -0.272.